The fraction of sp³-hybridized carbons (Fsp3) is 0.0714. The van der Waals surface area contributed by atoms with Gasteiger partial charge in [-0.25, -0.2) is 14.8 Å². The van der Waals surface area contributed by atoms with E-state index in [0.29, 0.717) is 5.69 Å². The highest BCUT2D eigenvalue weighted by molar-refractivity contribution is 5.85. The lowest BCUT2D eigenvalue weighted by molar-refractivity contribution is 0.964. The molecule has 0 N–H and O–H groups in total. The molecule has 4 heteroatoms. The Balaban J connectivity index is 2.22. The zero-order valence-electron chi connectivity index (χ0n) is 9.83. The number of aromatic nitrogens is 3. The van der Waals surface area contributed by atoms with E-state index in [4.69, 9.17) is 6.57 Å². The summed E-state index contributed by atoms with van der Waals surface area (Å²) in [6.07, 6.45) is 3.71. The molecule has 3 rings (SSSR count). The molecular weight excluding hydrogens is 224 g/mol. The van der Waals surface area contributed by atoms with Gasteiger partial charge < -0.3 is 4.57 Å². The van der Waals surface area contributed by atoms with Gasteiger partial charge in [0.15, 0.2) is 5.69 Å². The van der Waals surface area contributed by atoms with Crippen LogP contribution in [0.15, 0.2) is 42.7 Å². The third-order valence-electron chi connectivity index (χ3n) is 2.81. The number of benzene rings is 1. The Kier molecular flexibility index (Phi) is 2.31. The smallest absolute Gasteiger partial charge is 0.187 e. The SMILES string of the molecule is [C-]#[N+]c1ccc2c(ccn2-c2ccnc(C)n2)c1. The number of aryl methyl sites for hydroxylation is 1. The van der Waals surface area contributed by atoms with Gasteiger partial charge in [0.05, 0.1) is 12.1 Å². The maximum absolute atomic E-state index is 7.02. The van der Waals surface area contributed by atoms with Gasteiger partial charge in [-0.3, -0.25) is 0 Å². The summed E-state index contributed by atoms with van der Waals surface area (Å²) in [6, 6.07) is 9.50. The first-order chi connectivity index (χ1) is 8.78. The van der Waals surface area contributed by atoms with Crippen molar-refractivity contribution in [3.8, 4) is 5.82 Å². The van der Waals surface area contributed by atoms with Crippen LogP contribution in [0.2, 0.25) is 0 Å². The predicted octanol–water partition coefficient (Wildman–Crippen LogP) is 3.28. The van der Waals surface area contributed by atoms with Crippen LogP contribution in [0.3, 0.4) is 0 Å². The highest BCUT2D eigenvalue weighted by Gasteiger charge is 2.05. The predicted molar refractivity (Wildman–Crippen MR) is 69.9 cm³/mol. The number of hydrogen-bond donors (Lipinski definition) is 0. The molecule has 0 bridgehead atoms. The lowest BCUT2D eigenvalue weighted by atomic mass is 10.2. The lowest BCUT2D eigenvalue weighted by Crippen LogP contribution is -1.98. The van der Waals surface area contributed by atoms with E-state index in [1.54, 1.807) is 6.20 Å². The Morgan fingerprint density at radius 1 is 1.22 bits per heavy atom. The van der Waals surface area contributed by atoms with Crippen molar-refractivity contribution in [2.45, 2.75) is 6.92 Å². The zero-order valence-corrected chi connectivity index (χ0v) is 9.83. The first kappa shape index (κ1) is 10.5. The van der Waals surface area contributed by atoms with Gasteiger partial charge in [-0.1, -0.05) is 6.07 Å². The Morgan fingerprint density at radius 2 is 2.11 bits per heavy atom. The number of fused-ring (bicyclic) bond motifs is 1. The Labute approximate surface area is 104 Å². The molecule has 2 aromatic heterocycles. The summed E-state index contributed by atoms with van der Waals surface area (Å²) in [5, 5.41) is 1.04. The molecule has 0 unspecified atom stereocenters. The Bertz CT molecular complexity index is 765. The summed E-state index contributed by atoms with van der Waals surface area (Å²) < 4.78 is 2.00. The van der Waals surface area contributed by atoms with E-state index < -0.39 is 0 Å². The molecule has 3 aromatic rings. The molecule has 0 atom stereocenters. The van der Waals surface area contributed by atoms with Crippen molar-refractivity contribution in [1.29, 1.82) is 0 Å². The molecule has 0 aliphatic rings. The molecular formula is C14H10N4. The van der Waals surface area contributed by atoms with Crippen LogP contribution in [0, 0.1) is 13.5 Å². The van der Waals surface area contributed by atoms with E-state index in [2.05, 4.69) is 14.8 Å². The van der Waals surface area contributed by atoms with E-state index >= 15 is 0 Å². The number of rotatable bonds is 1. The van der Waals surface area contributed by atoms with Gasteiger partial charge in [0.2, 0.25) is 0 Å². The molecule has 86 valence electrons. The third kappa shape index (κ3) is 1.62. The van der Waals surface area contributed by atoms with Crippen LogP contribution in [0.4, 0.5) is 5.69 Å². The molecule has 0 aliphatic carbocycles. The minimum absolute atomic E-state index is 0.652. The van der Waals surface area contributed by atoms with Gasteiger partial charge in [0, 0.05) is 12.4 Å². The van der Waals surface area contributed by atoms with E-state index in [9.17, 15) is 0 Å². The van der Waals surface area contributed by atoms with Crippen molar-refractivity contribution in [3.63, 3.8) is 0 Å². The molecule has 0 saturated heterocycles. The second kappa shape index (κ2) is 3.97. The molecule has 0 aliphatic heterocycles. The molecule has 0 fully saturated rings. The Morgan fingerprint density at radius 3 is 2.89 bits per heavy atom. The third-order valence-corrected chi connectivity index (χ3v) is 2.81. The maximum Gasteiger partial charge on any atom is 0.187 e. The summed E-state index contributed by atoms with van der Waals surface area (Å²) in [5.74, 6) is 1.58. The monoisotopic (exact) mass is 234 g/mol. The van der Waals surface area contributed by atoms with Gasteiger partial charge in [-0.2, -0.15) is 0 Å². The van der Waals surface area contributed by atoms with Gasteiger partial charge in [0.1, 0.15) is 11.6 Å². The second-order valence-electron chi connectivity index (χ2n) is 4.00. The van der Waals surface area contributed by atoms with E-state index in [1.165, 1.54) is 0 Å². The fourth-order valence-corrected chi connectivity index (χ4v) is 1.98. The topological polar surface area (TPSA) is 35.1 Å². The molecule has 0 saturated carbocycles. The van der Waals surface area contributed by atoms with E-state index in [-0.39, 0.29) is 0 Å². The van der Waals surface area contributed by atoms with Crippen LogP contribution in [-0.2, 0) is 0 Å². The molecule has 0 radical (unpaired) electrons. The highest BCUT2D eigenvalue weighted by atomic mass is 15.1. The van der Waals surface area contributed by atoms with Crippen molar-refractivity contribution in [1.82, 2.24) is 14.5 Å². The average molecular weight is 234 g/mol. The minimum atomic E-state index is 0.652. The molecule has 4 nitrogen and oxygen atoms in total. The Hall–Kier alpha value is -2.67. The van der Waals surface area contributed by atoms with Crippen molar-refractivity contribution in [2.75, 3.05) is 0 Å². The van der Waals surface area contributed by atoms with Crippen molar-refractivity contribution in [3.05, 3.63) is 60.0 Å². The van der Waals surface area contributed by atoms with Gasteiger partial charge >= 0.3 is 0 Å². The van der Waals surface area contributed by atoms with Crippen LogP contribution in [0.1, 0.15) is 5.82 Å². The second-order valence-corrected chi connectivity index (χ2v) is 4.00. The van der Waals surface area contributed by atoms with E-state index in [1.807, 2.05) is 48.0 Å². The molecule has 0 amide bonds. The number of hydrogen-bond acceptors (Lipinski definition) is 2. The summed E-state index contributed by atoms with van der Waals surface area (Å²) in [6.45, 7) is 8.88. The minimum Gasteiger partial charge on any atom is -0.301 e. The normalized spacial score (nSPS) is 10.4. The van der Waals surface area contributed by atoms with Crippen LogP contribution < -0.4 is 0 Å². The zero-order chi connectivity index (χ0) is 12.5. The fourth-order valence-electron chi connectivity index (χ4n) is 1.98. The molecule has 2 heterocycles. The van der Waals surface area contributed by atoms with Gasteiger partial charge in [-0.05, 0) is 36.6 Å². The highest BCUT2D eigenvalue weighted by Crippen LogP contribution is 2.24. The largest absolute Gasteiger partial charge is 0.301 e. The first-order valence-corrected chi connectivity index (χ1v) is 5.56. The van der Waals surface area contributed by atoms with Crippen LogP contribution >= 0.6 is 0 Å². The molecule has 18 heavy (non-hydrogen) atoms. The van der Waals surface area contributed by atoms with Gasteiger partial charge in [-0.15, -0.1) is 0 Å². The average Bonchev–Trinajstić information content (AvgIpc) is 2.81. The quantitative estimate of drug-likeness (QED) is 0.606. The standard InChI is InChI=1S/C14H10N4/c1-10-16-7-5-14(17-10)18-8-6-11-9-12(15-2)3-4-13(11)18/h3-9H,1H3. The summed E-state index contributed by atoms with van der Waals surface area (Å²) in [7, 11) is 0. The molecule has 0 spiro atoms. The lowest BCUT2D eigenvalue weighted by Gasteiger charge is -2.04. The maximum atomic E-state index is 7.02. The molecule has 1 aromatic carbocycles. The van der Waals surface area contributed by atoms with Crippen molar-refractivity contribution < 1.29 is 0 Å². The van der Waals surface area contributed by atoms with E-state index in [0.717, 1.165) is 22.5 Å². The van der Waals surface area contributed by atoms with Crippen LogP contribution in [0.25, 0.3) is 21.6 Å². The van der Waals surface area contributed by atoms with Crippen LogP contribution in [-0.4, -0.2) is 14.5 Å². The summed E-state index contributed by atoms with van der Waals surface area (Å²) in [4.78, 5) is 11.9. The summed E-state index contributed by atoms with van der Waals surface area (Å²) >= 11 is 0. The number of nitrogens with zero attached hydrogens (tertiary/aromatic N) is 4. The van der Waals surface area contributed by atoms with Gasteiger partial charge in [0.25, 0.3) is 0 Å². The van der Waals surface area contributed by atoms with Crippen molar-refractivity contribution >= 4 is 16.6 Å². The van der Waals surface area contributed by atoms with Crippen LogP contribution in [0.5, 0.6) is 0 Å². The summed E-state index contributed by atoms with van der Waals surface area (Å²) in [5.41, 5.74) is 1.69. The first-order valence-electron chi connectivity index (χ1n) is 5.56. The van der Waals surface area contributed by atoms with Crippen molar-refractivity contribution in [2.24, 2.45) is 0 Å².